The van der Waals surface area contributed by atoms with E-state index in [2.05, 4.69) is 5.32 Å². The lowest BCUT2D eigenvalue weighted by molar-refractivity contribution is -0.385. The molecule has 1 N–H and O–H groups in total. The van der Waals surface area contributed by atoms with E-state index in [1.807, 2.05) is 53.4 Å². The van der Waals surface area contributed by atoms with Gasteiger partial charge in [-0.1, -0.05) is 18.2 Å². The maximum absolute atomic E-state index is 12.0. The van der Waals surface area contributed by atoms with E-state index in [0.717, 1.165) is 16.8 Å². The Morgan fingerprint density at radius 1 is 1.15 bits per heavy atom. The molecule has 1 aromatic heterocycles. The number of nitrogens with one attached hydrogen (secondary N) is 1. The number of hydrogen-bond donors (Lipinski definition) is 1. The van der Waals surface area contributed by atoms with E-state index in [0.29, 0.717) is 6.54 Å². The Bertz CT molecular complexity index is 934. The van der Waals surface area contributed by atoms with Gasteiger partial charge in [-0.05, 0) is 48.4 Å². The summed E-state index contributed by atoms with van der Waals surface area (Å²) in [5.41, 5.74) is 2.58. The molecule has 7 heteroatoms. The number of carbonyl (C=O) groups is 1. The number of nitrogens with zero attached hydrogens (tertiary/aromatic N) is 2. The van der Waals surface area contributed by atoms with Crippen LogP contribution in [-0.4, -0.2) is 22.0 Å². The molecule has 27 heavy (non-hydrogen) atoms. The Labute approximate surface area is 156 Å². The predicted octanol–water partition coefficient (Wildman–Crippen LogP) is 3.39. The summed E-state index contributed by atoms with van der Waals surface area (Å²) in [5, 5.41) is 13.8. The van der Waals surface area contributed by atoms with Crippen molar-refractivity contribution >= 4 is 11.6 Å². The normalized spacial score (nSPS) is 10.4. The molecule has 7 nitrogen and oxygen atoms in total. The second kappa shape index (κ2) is 8.18. The van der Waals surface area contributed by atoms with Gasteiger partial charge in [0.05, 0.1) is 4.92 Å². The molecule has 3 aromatic rings. The van der Waals surface area contributed by atoms with Crippen molar-refractivity contribution in [1.29, 1.82) is 0 Å². The van der Waals surface area contributed by atoms with Crippen molar-refractivity contribution in [2.24, 2.45) is 0 Å². The molecule has 3 rings (SSSR count). The zero-order valence-electron chi connectivity index (χ0n) is 14.8. The third-order valence-electron chi connectivity index (χ3n) is 4.00. The highest BCUT2D eigenvalue weighted by Gasteiger charge is 2.16. The van der Waals surface area contributed by atoms with Crippen molar-refractivity contribution in [3.8, 4) is 11.4 Å². The molecule has 0 aliphatic carbocycles. The first-order valence-corrected chi connectivity index (χ1v) is 8.40. The predicted molar refractivity (Wildman–Crippen MR) is 101 cm³/mol. The first-order valence-electron chi connectivity index (χ1n) is 8.40. The number of aromatic nitrogens is 1. The highest BCUT2D eigenvalue weighted by atomic mass is 16.6. The molecule has 1 heterocycles. The summed E-state index contributed by atoms with van der Waals surface area (Å²) < 4.78 is 7.31. The number of nitro benzene ring substituents is 1. The molecular formula is C20H19N3O4. The topological polar surface area (TPSA) is 86.4 Å². The number of aryl methyl sites for hydroxylation is 1. The minimum Gasteiger partial charge on any atom is -0.477 e. The Kier molecular flexibility index (Phi) is 5.51. The van der Waals surface area contributed by atoms with Crippen LogP contribution in [0.5, 0.6) is 5.75 Å². The largest absolute Gasteiger partial charge is 0.477 e. The summed E-state index contributed by atoms with van der Waals surface area (Å²) in [5.74, 6) is -0.267. The molecule has 0 atom stereocenters. The van der Waals surface area contributed by atoms with Gasteiger partial charge < -0.3 is 14.6 Å². The summed E-state index contributed by atoms with van der Waals surface area (Å²) in [6, 6.07) is 16.3. The van der Waals surface area contributed by atoms with Gasteiger partial charge in [-0.3, -0.25) is 14.9 Å². The van der Waals surface area contributed by atoms with E-state index in [4.69, 9.17) is 4.74 Å². The second-order valence-electron chi connectivity index (χ2n) is 6.05. The van der Waals surface area contributed by atoms with Crippen LogP contribution >= 0.6 is 0 Å². The molecule has 0 fully saturated rings. The van der Waals surface area contributed by atoms with Gasteiger partial charge >= 0.3 is 5.69 Å². The van der Waals surface area contributed by atoms with Crippen molar-refractivity contribution in [3.05, 3.63) is 88.2 Å². The summed E-state index contributed by atoms with van der Waals surface area (Å²) in [6.45, 7) is 1.82. The third-order valence-corrected chi connectivity index (χ3v) is 4.00. The lowest BCUT2D eigenvalue weighted by Crippen LogP contribution is -2.28. The fourth-order valence-corrected chi connectivity index (χ4v) is 2.58. The molecule has 0 unspecified atom stereocenters. The molecule has 0 bridgehead atoms. The van der Waals surface area contributed by atoms with Crippen LogP contribution in [-0.2, 0) is 11.3 Å². The third kappa shape index (κ3) is 4.72. The molecule has 0 aliphatic rings. The lowest BCUT2D eigenvalue weighted by Gasteiger charge is -2.09. The van der Waals surface area contributed by atoms with E-state index < -0.39 is 4.92 Å². The van der Waals surface area contributed by atoms with Gasteiger partial charge in [-0.2, -0.15) is 0 Å². The number of ether oxygens (including phenoxy) is 1. The van der Waals surface area contributed by atoms with Crippen LogP contribution < -0.4 is 10.1 Å². The average molecular weight is 365 g/mol. The van der Waals surface area contributed by atoms with E-state index >= 15 is 0 Å². The highest BCUT2D eigenvalue weighted by molar-refractivity contribution is 5.77. The molecule has 2 aromatic carbocycles. The van der Waals surface area contributed by atoms with Crippen LogP contribution in [0.1, 0.15) is 11.1 Å². The summed E-state index contributed by atoms with van der Waals surface area (Å²) in [4.78, 5) is 22.5. The minimum absolute atomic E-state index is 0.0804. The summed E-state index contributed by atoms with van der Waals surface area (Å²) in [7, 11) is 0. The smallest absolute Gasteiger partial charge is 0.311 e. The maximum atomic E-state index is 12.0. The summed E-state index contributed by atoms with van der Waals surface area (Å²) in [6.07, 6.45) is 3.91. The molecule has 1 amide bonds. The van der Waals surface area contributed by atoms with E-state index in [-0.39, 0.29) is 24.0 Å². The standard InChI is InChI=1S/C20H19N3O4/c1-15-4-9-19(18(12-15)23(25)26)27-14-20(24)21-13-16-5-7-17(8-6-16)22-10-2-3-11-22/h2-12H,13-14H2,1H3,(H,21,24). The zero-order chi connectivity index (χ0) is 19.2. The minimum atomic E-state index is -0.521. The van der Waals surface area contributed by atoms with Gasteiger partial charge in [0.2, 0.25) is 0 Å². The molecule has 0 radical (unpaired) electrons. The molecule has 0 saturated heterocycles. The first kappa shape index (κ1) is 18.2. The number of rotatable bonds is 7. The van der Waals surface area contributed by atoms with Crippen molar-refractivity contribution in [3.63, 3.8) is 0 Å². The van der Waals surface area contributed by atoms with Crippen LogP contribution in [0.25, 0.3) is 5.69 Å². The van der Waals surface area contributed by atoms with Gasteiger partial charge in [0.1, 0.15) is 0 Å². The SMILES string of the molecule is Cc1ccc(OCC(=O)NCc2ccc(-n3cccc3)cc2)c([N+](=O)[O-])c1. The average Bonchev–Trinajstić information content (AvgIpc) is 3.20. The van der Waals surface area contributed by atoms with E-state index in [1.165, 1.54) is 12.1 Å². The molecule has 138 valence electrons. The Hall–Kier alpha value is -3.61. The molecular weight excluding hydrogens is 346 g/mol. The summed E-state index contributed by atoms with van der Waals surface area (Å²) >= 11 is 0. The fourth-order valence-electron chi connectivity index (χ4n) is 2.58. The number of amides is 1. The quantitative estimate of drug-likeness (QED) is 0.514. The number of carbonyl (C=O) groups excluding carboxylic acids is 1. The number of benzene rings is 2. The van der Waals surface area contributed by atoms with Gasteiger partial charge in [0.15, 0.2) is 12.4 Å². The fraction of sp³-hybridized carbons (Fsp3) is 0.150. The second-order valence-corrected chi connectivity index (χ2v) is 6.05. The van der Waals surface area contributed by atoms with Crippen LogP contribution in [0.4, 0.5) is 5.69 Å². The van der Waals surface area contributed by atoms with Crippen molar-refractivity contribution < 1.29 is 14.5 Å². The molecule has 0 saturated carbocycles. The van der Waals surface area contributed by atoms with Crippen LogP contribution in [0.15, 0.2) is 67.0 Å². The van der Waals surface area contributed by atoms with E-state index in [9.17, 15) is 14.9 Å². The number of hydrogen-bond acceptors (Lipinski definition) is 4. The van der Waals surface area contributed by atoms with E-state index in [1.54, 1.807) is 13.0 Å². The van der Waals surface area contributed by atoms with Crippen LogP contribution in [0.3, 0.4) is 0 Å². The van der Waals surface area contributed by atoms with Crippen LogP contribution in [0, 0.1) is 17.0 Å². The van der Waals surface area contributed by atoms with Crippen molar-refractivity contribution in [2.45, 2.75) is 13.5 Å². The van der Waals surface area contributed by atoms with Crippen molar-refractivity contribution in [2.75, 3.05) is 6.61 Å². The van der Waals surface area contributed by atoms with Gasteiger partial charge in [-0.25, -0.2) is 0 Å². The molecule has 0 spiro atoms. The Morgan fingerprint density at radius 2 is 1.85 bits per heavy atom. The number of nitro groups is 1. The first-order chi connectivity index (χ1) is 13.0. The van der Waals surface area contributed by atoms with Gasteiger partial charge in [0.25, 0.3) is 5.91 Å². The van der Waals surface area contributed by atoms with Crippen LogP contribution in [0.2, 0.25) is 0 Å². The monoisotopic (exact) mass is 365 g/mol. The Morgan fingerprint density at radius 3 is 2.52 bits per heavy atom. The Balaban J connectivity index is 1.52. The molecule has 0 aliphatic heterocycles. The van der Waals surface area contributed by atoms with Gasteiger partial charge in [-0.15, -0.1) is 0 Å². The lowest BCUT2D eigenvalue weighted by atomic mass is 10.2. The zero-order valence-corrected chi connectivity index (χ0v) is 14.8. The highest BCUT2D eigenvalue weighted by Crippen LogP contribution is 2.27. The maximum Gasteiger partial charge on any atom is 0.311 e. The van der Waals surface area contributed by atoms with Gasteiger partial charge in [0, 0.05) is 30.7 Å². The van der Waals surface area contributed by atoms with Crippen molar-refractivity contribution in [1.82, 2.24) is 9.88 Å².